The second-order valence-corrected chi connectivity index (χ2v) is 7.78. The number of benzene rings is 2. The molecular weight excluding hydrogens is 394 g/mol. The van der Waals surface area contributed by atoms with Crippen molar-refractivity contribution in [3.8, 4) is 11.3 Å². The lowest BCUT2D eigenvalue weighted by Gasteiger charge is -2.14. The van der Waals surface area contributed by atoms with Crippen molar-refractivity contribution in [3.05, 3.63) is 87.5 Å². The van der Waals surface area contributed by atoms with Crippen molar-refractivity contribution in [2.75, 3.05) is 0 Å². The molecule has 0 unspecified atom stereocenters. The summed E-state index contributed by atoms with van der Waals surface area (Å²) < 4.78 is 5.81. The van der Waals surface area contributed by atoms with E-state index >= 15 is 0 Å². The second-order valence-electron chi connectivity index (χ2n) is 6.38. The van der Waals surface area contributed by atoms with Crippen molar-refractivity contribution in [3.63, 3.8) is 0 Å². The van der Waals surface area contributed by atoms with E-state index in [4.69, 9.17) is 16.0 Å². The van der Waals surface area contributed by atoms with Crippen LogP contribution in [0.1, 0.15) is 16.9 Å². The van der Waals surface area contributed by atoms with Crippen molar-refractivity contribution in [1.29, 1.82) is 0 Å². The fourth-order valence-corrected chi connectivity index (χ4v) is 4.01. The molecule has 2 heterocycles. The van der Waals surface area contributed by atoms with Gasteiger partial charge in [-0.2, -0.15) is 0 Å². The van der Waals surface area contributed by atoms with Crippen molar-refractivity contribution in [2.24, 2.45) is 0 Å². The van der Waals surface area contributed by atoms with Crippen LogP contribution >= 0.6 is 23.4 Å². The van der Waals surface area contributed by atoms with E-state index in [0.717, 1.165) is 28.5 Å². The molecule has 1 aliphatic rings. The summed E-state index contributed by atoms with van der Waals surface area (Å²) in [6, 6.07) is 18.6. The van der Waals surface area contributed by atoms with Crippen LogP contribution < -0.4 is 0 Å². The monoisotopic (exact) mass is 409 g/mol. The van der Waals surface area contributed by atoms with Crippen LogP contribution in [-0.2, 0) is 11.3 Å². The molecule has 0 spiro atoms. The summed E-state index contributed by atoms with van der Waals surface area (Å²) in [4.78, 5) is 26.7. The fraction of sp³-hybridized carbons (Fsp3) is 0.0909. The molecule has 0 bridgehead atoms. The molecular formula is C22H16ClNO3S. The van der Waals surface area contributed by atoms with Crippen LogP contribution in [0.5, 0.6) is 0 Å². The summed E-state index contributed by atoms with van der Waals surface area (Å²) in [7, 11) is 0. The Morgan fingerprint density at radius 1 is 1.04 bits per heavy atom. The van der Waals surface area contributed by atoms with Gasteiger partial charge < -0.3 is 4.42 Å². The highest BCUT2D eigenvalue weighted by Crippen LogP contribution is 2.35. The first-order valence-electron chi connectivity index (χ1n) is 8.67. The molecule has 6 heteroatoms. The molecule has 3 aromatic rings. The van der Waals surface area contributed by atoms with Gasteiger partial charge in [0.2, 0.25) is 0 Å². The summed E-state index contributed by atoms with van der Waals surface area (Å²) in [5, 5.41) is 0.305. The summed E-state index contributed by atoms with van der Waals surface area (Å²) >= 11 is 7.13. The van der Waals surface area contributed by atoms with E-state index in [0.29, 0.717) is 21.4 Å². The third-order valence-electron chi connectivity index (χ3n) is 4.50. The number of furan rings is 1. The maximum absolute atomic E-state index is 12.7. The lowest BCUT2D eigenvalue weighted by Crippen LogP contribution is -2.27. The third-order valence-corrected chi connectivity index (χ3v) is 5.74. The summed E-state index contributed by atoms with van der Waals surface area (Å²) in [5.41, 5.74) is 2.77. The van der Waals surface area contributed by atoms with E-state index in [1.807, 2.05) is 49.4 Å². The lowest BCUT2D eigenvalue weighted by atomic mass is 10.1. The van der Waals surface area contributed by atoms with E-state index in [-0.39, 0.29) is 17.7 Å². The predicted octanol–water partition coefficient (Wildman–Crippen LogP) is 6.14. The number of rotatable bonds is 4. The highest BCUT2D eigenvalue weighted by Gasteiger charge is 2.35. The molecule has 140 valence electrons. The van der Waals surface area contributed by atoms with Gasteiger partial charge in [-0.1, -0.05) is 48.0 Å². The molecule has 1 fully saturated rings. The molecule has 0 N–H and O–H groups in total. The topological polar surface area (TPSA) is 50.5 Å². The quantitative estimate of drug-likeness (QED) is 0.485. The molecule has 0 radical (unpaired) electrons. The second kappa shape index (κ2) is 7.70. The van der Waals surface area contributed by atoms with Gasteiger partial charge in [0.05, 0.1) is 16.5 Å². The number of thioether (sulfide) groups is 1. The van der Waals surface area contributed by atoms with Gasteiger partial charge in [0.15, 0.2) is 0 Å². The van der Waals surface area contributed by atoms with E-state index in [1.165, 1.54) is 4.90 Å². The van der Waals surface area contributed by atoms with E-state index in [1.54, 1.807) is 24.3 Å². The van der Waals surface area contributed by atoms with E-state index < -0.39 is 0 Å². The van der Waals surface area contributed by atoms with E-state index in [2.05, 4.69) is 0 Å². The number of carbonyl (C=O) groups excluding carboxylic acids is 2. The number of imide groups is 1. The Labute approximate surface area is 171 Å². The molecule has 28 heavy (non-hydrogen) atoms. The predicted molar refractivity (Wildman–Crippen MR) is 112 cm³/mol. The molecule has 4 rings (SSSR count). The number of hydrogen-bond acceptors (Lipinski definition) is 4. The van der Waals surface area contributed by atoms with Crippen LogP contribution in [0.4, 0.5) is 4.79 Å². The van der Waals surface area contributed by atoms with Crippen molar-refractivity contribution in [2.45, 2.75) is 13.5 Å². The van der Waals surface area contributed by atoms with Gasteiger partial charge in [0, 0.05) is 11.6 Å². The SMILES string of the molecule is Cc1ccccc1CN1C(=O)S/C(=C\c2ccc(-c3ccccc3Cl)o2)C1=O. The number of halogens is 1. The van der Waals surface area contributed by atoms with Crippen LogP contribution in [0, 0.1) is 6.92 Å². The molecule has 1 aromatic heterocycles. The molecule has 2 aromatic carbocycles. The molecule has 4 nitrogen and oxygen atoms in total. The standard InChI is InChI=1S/C22H16ClNO3S/c1-14-6-2-3-7-15(14)13-24-21(25)20(28-22(24)26)12-16-10-11-19(27-16)17-8-4-5-9-18(17)23/h2-12H,13H2,1H3/b20-12-. The fourth-order valence-electron chi connectivity index (χ4n) is 2.96. The number of hydrogen-bond donors (Lipinski definition) is 0. The molecule has 1 saturated heterocycles. The maximum Gasteiger partial charge on any atom is 0.293 e. The molecule has 0 aliphatic carbocycles. The molecule has 2 amide bonds. The lowest BCUT2D eigenvalue weighted by molar-refractivity contribution is -0.123. The number of nitrogens with zero attached hydrogens (tertiary/aromatic N) is 1. The van der Waals surface area contributed by atoms with Gasteiger partial charge in [-0.05, 0) is 54.1 Å². The largest absolute Gasteiger partial charge is 0.457 e. The Hall–Kier alpha value is -2.76. The van der Waals surface area contributed by atoms with Gasteiger partial charge in [-0.3, -0.25) is 14.5 Å². The zero-order valence-electron chi connectivity index (χ0n) is 15.0. The Balaban J connectivity index is 1.56. The normalized spacial score (nSPS) is 15.6. The first-order valence-corrected chi connectivity index (χ1v) is 9.87. The Morgan fingerprint density at radius 3 is 2.57 bits per heavy atom. The Kier molecular flexibility index (Phi) is 5.11. The number of carbonyl (C=O) groups is 2. The minimum Gasteiger partial charge on any atom is -0.457 e. The van der Waals surface area contributed by atoms with Crippen LogP contribution in [0.2, 0.25) is 5.02 Å². The van der Waals surface area contributed by atoms with Crippen LogP contribution in [-0.4, -0.2) is 16.0 Å². The average Bonchev–Trinajstić information content (AvgIpc) is 3.24. The van der Waals surface area contributed by atoms with Crippen molar-refractivity contribution < 1.29 is 14.0 Å². The first kappa shape index (κ1) is 18.6. The smallest absolute Gasteiger partial charge is 0.293 e. The van der Waals surface area contributed by atoms with Gasteiger partial charge in [-0.25, -0.2) is 0 Å². The van der Waals surface area contributed by atoms with Crippen molar-refractivity contribution >= 4 is 40.6 Å². The first-order chi connectivity index (χ1) is 13.5. The van der Waals surface area contributed by atoms with Gasteiger partial charge in [-0.15, -0.1) is 0 Å². The van der Waals surface area contributed by atoms with E-state index in [9.17, 15) is 9.59 Å². The number of amides is 2. The third kappa shape index (κ3) is 3.63. The van der Waals surface area contributed by atoms with Gasteiger partial charge >= 0.3 is 0 Å². The summed E-state index contributed by atoms with van der Waals surface area (Å²) in [6.07, 6.45) is 1.60. The van der Waals surface area contributed by atoms with Crippen LogP contribution in [0.25, 0.3) is 17.4 Å². The van der Waals surface area contributed by atoms with Crippen molar-refractivity contribution in [1.82, 2.24) is 4.90 Å². The minimum absolute atomic E-state index is 0.262. The maximum atomic E-state index is 12.7. The molecule has 0 saturated carbocycles. The zero-order chi connectivity index (χ0) is 19.7. The van der Waals surface area contributed by atoms with Gasteiger partial charge in [0.25, 0.3) is 11.1 Å². The van der Waals surface area contributed by atoms with Crippen LogP contribution in [0.15, 0.2) is 70.0 Å². The zero-order valence-corrected chi connectivity index (χ0v) is 16.6. The highest BCUT2D eigenvalue weighted by molar-refractivity contribution is 8.18. The molecule has 0 atom stereocenters. The molecule has 1 aliphatic heterocycles. The van der Waals surface area contributed by atoms with Crippen LogP contribution in [0.3, 0.4) is 0 Å². The summed E-state index contributed by atoms with van der Waals surface area (Å²) in [5.74, 6) is 0.793. The minimum atomic E-state index is -0.311. The average molecular weight is 410 g/mol. The summed E-state index contributed by atoms with van der Waals surface area (Å²) in [6.45, 7) is 2.22. The Morgan fingerprint density at radius 2 is 1.79 bits per heavy atom. The number of aryl methyl sites for hydroxylation is 1. The highest BCUT2D eigenvalue weighted by atomic mass is 35.5. The Bertz CT molecular complexity index is 1100. The van der Waals surface area contributed by atoms with Gasteiger partial charge in [0.1, 0.15) is 11.5 Å².